The highest BCUT2D eigenvalue weighted by atomic mass is 16.7. The molecular weight excluding hydrogens is 532 g/mol. The number of carbonyl (C=O) groups is 3. The van der Waals surface area contributed by atoms with E-state index in [0.717, 1.165) is 12.8 Å². The van der Waals surface area contributed by atoms with E-state index < -0.39 is 0 Å². The summed E-state index contributed by atoms with van der Waals surface area (Å²) >= 11 is 0. The van der Waals surface area contributed by atoms with Crippen molar-refractivity contribution >= 4 is 17.5 Å². The molecule has 3 aromatic rings. The van der Waals surface area contributed by atoms with Crippen LogP contribution in [0.2, 0.25) is 0 Å². The van der Waals surface area contributed by atoms with Crippen molar-refractivity contribution in [3.8, 4) is 17.6 Å². The molecule has 42 heavy (non-hydrogen) atoms. The maximum atomic E-state index is 13.1. The third kappa shape index (κ3) is 7.01. The van der Waals surface area contributed by atoms with Gasteiger partial charge in [-0.15, -0.1) is 5.06 Å². The number of methoxy groups -OCH3 is 1. The molecule has 2 aliphatic rings. The Kier molecular flexibility index (Phi) is 9.25. The van der Waals surface area contributed by atoms with Gasteiger partial charge in [0.25, 0.3) is 5.91 Å². The fourth-order valence-electron chi connectivity index (χ4n) is 5.51. The molecule has 5 rings (SSSR count). The third-order valence-corrected chi connectivity index (χ3v) is 8.10. The van der Waals surface area contributed by atoms with Gasteiger partial charge in [-0.25, -0.2) is 0 Å². The number of nitriles is 1. The number of hydrogen-bond donors (Lipinski definition) is 0. The Morgan fingerprint density at radius 3 is 2.10 bits per heavy atom. The first-order valence-electron chi connectivity index (χ1n) is 14.3. The molecule has 0 unspecified atom stereocenters. The number of pyridine rings is 1. The molecule has 1 aromatic heterocycles. The van der Waals surface area contributed by atoms with Crippen molar-refractivity contribution < 1.29 is 24.0 Å². The van der Waals surface area contributed by atoms with Crippen LogP contribution in [0.25, 0.3) is 0 Å². The molecule has 2 aliphatic heterocycles. The van der Waals surface area contributed by atoms with E-state index in [0.29, 0.717) is 79.3 Å². The molecule has 2 aromatic carbocycles. The van der Waals surface area contributed by atoms with Crippen LogP contribution in [-0.4, -0.2) is 65.7 Å². The highest BCUT2D eigenvalue weighted by Crippen LogP contribution is 2.26. The van der Waals surface area contributed by atoms with Crippen LogP contribution in [0.3, 0.4) is 0 Å². The maximum absolute atomic E-state index is 13.1. The van der Waals surface area contributed by atoms with E-state index in [1.165, 1.54) is 6.20 Å². The lowest BCUT2D eigenvalue weighted by Gasteiger charge is -2.31. The minimum absolute atomic E-state index is 0.0193. The average molecular weight is 567 g/mol. The zero-order valence-corrected chi connectivity index (χ0v) is 23.7. The molecule has 0 radical (unpaired) electrons. The number of hydroxylamine groups is 2. The Labute approximate surface area is 245 Å². The number of amides is 1. The minimum Gasteiger partial charge on any atom is -0.497 e. The van der Waals surface area contributed by atoms with E-state index in [1.807, 2.05) is 5.06 Å². The molecule has 0 aliphatic carbocycles. The lowest BCUT2D eigenvalue weighted by atomic mass is 9.88. The molecular formula is C33H34N4O5. The van der Waals surface area contributed by atoms with Crippen LogP contribution in [0.15, 0.2) is 66.9 Å². The Hall–Kier alpha value is -4.55. The lowest BCUT2D eigenvalue weighted by Crippen LogP contribution is -2.40. The number of ketones is 2. The van der Waals surface area contributed by atoms with Crippen LogP contribution in [0.4, 0.5) is 0 Å². The summed E-state index contributed by atoms with van der Waals surface area (Å²) in [6.45, 7) is 2.40. The Bertz CT molecular complexity index is 1430. The van der Waals surface area contributed by atoms with E-state index in [-0.39, 0.29) is 29.3 Å². The number of aromatic nitrogens is 1. The summed E-state index contributed by atoms with van der Waals surface area (Å²) in [5.74, 6) is 1.46. The van der Waals surface area contributed by atoms with Gasteiger partial charge >= 0.3 is 0 Å². The van der Waals surface area contributed by atoms with Gasteiger partial charge in [0.1, 0.15) is 17.2 Å². The van der Waals surface area contributed by atoms with Crippen molar-refractivity contribution in [3.63, 3.8) is 0 Å². The first-order chi connectivity index (χ1) is 20.4. The van der Waals surface area contributed by atoms with Gasteiger partial charge in [0.15, 0.2) is 11.6 Å². The van der Waals surface area contributed by atoms with Gasteiger partial charge < -0.3 is 14.5 Å². The van der Waals surface area contributed by atoms with Crippen LogP contribution in [-0.2, 0) is 0 Å². The smallest absolute Gasteiger partial charge is 0.272 e. The van der Waals surface area contributed by atoms with Gasteiger partial charge in [0.2, 0.25) is 0 Å². The molecule has 0 atom stereocenters. The second kappa shape index (κ2) is 13.4. The zero-order chi connectivity index (χ0) is 29.5. The summed E-state index contributed by atoms with van der Waals surface area (Å²) < 4.78 is 5.16. The van der Waals surface area contributed by atoms with Gasteiger partial charge in [-0.2, -0.15) is 5.26 Å². The van der Waals surface area contributed by atoms with Crippen molar-refractivity contribution in [2.75, 3.05) is 33.3 Å². The van der Waals surface area contributed by atoms with Crippen molar-refractivity contribution in [2.24, 2.45) is 11.8 Å². The fraction of sp³-hybridized carbons (Fsp3) is 0.364. The second-order valence-corrected chi connectivity index (χ2v) is 10.8. The number of hydrogen-bond acceptors (Lipinski definition) is 8. The highest BCUT2D eigenvalue weighted by Gasteiger charge is 2.29. The van der Waals surface area contributed by atoms with Crippen molar-refractivity contribution in [1.29, 1.82) is 5.26 Å². The molecule has 0 spiro atoms. The van der Waals surface area contributed by atoms with Crippen LogP contribution < -0.4 is 9.57 Å². The predicted molar refractivity (Wildman–Crippen MR) is 155 cm³/mol. The van der Waals surface area contributed by atoms with Crippen LogP contribution in [0, 0.1) is 23.2 Å². The van der Waals surface area contributed by atoms with Gasteiger partial charge in [0, 0.05) is 55.8 Å². The number of rotatable bonds is 9. The molecule has 0 N–H and O–H groups in total. The summed E-state index contributed by atoms with van der Waals surface area (Å²) in [7, 11) is 1.59. The van der Waals surface area contributed by atoms with Crippen LogP contribution >= 0.6 is 0 Å². The summed E-state index contributed by atoms with van der Waals surface area (Å²) in [6, 6.07) is 19.5. The van der Waals surface area contributed by atoms with E-state index in [1.54, 1.807) is 72.7 Å². The molecule has 216 valence electrons. The molecule has 9 heteroatoms. The molecule has 9 nitrogen and oxygen atoms in total. The van der Waals surface area contributed by atoms with E-state index in [9.17, 15) is 14.4 Å². The van der Waals surface area contributed by atoms with Crippen molar-refractivity contribution in [2.45, 2.75) is 32.1 Å². The summed E-state index contributed by atoms with van der Waals surface area (Å²) in [4.78, 5) is 50.8. The standard InChI is InChI=1S/C33H34N4O5/c1-41-28-9-4-25(5-10-28)32(39)26-14-16-36(17-15-26)33(40)30-11-6-27(22-35-30)31(38)20-23-12-18-37(19-13-23)42-29-7-2-24(21-34)3-8-29/h2-11,22-23,26H,12-20H2,1H3. The predicted octanol–water partition coefficient (Wildman–Crippen LogP) is 4.98. The van der Waals surface area contributed by atoms with Gasteiger partial charge in [-0.1, -0.05) is 0 Å². The third-order valence-electron chi connectivity index (χ3n) is 8.10. The first kappa shape index (κ1) is 29.0. The van der Waals surface area contributed by atoms with Crippen molar-refractivity contribution in [3.05, 3.63) is 89.2 Å². The molecule has 2 saturated heterocycles. The zero-order valence-electron chi connectivity index (χ0n) is 23.7. The topological polar surface area (TPSA) is 113 Å². The fourth-order valence-corrected chi connectivity index (χ4v) is 5.51. The van der Waals surface area contributed by atoms with Crippen LogP contribution in [0.5, 0.6) is 11.5 Å². The molecule has 1 amide bonds. The first-order valence-corrected chi connectivity index (χ1v) is 14.3. The monoisotopic (exact) mass is 566 g/mol. The minimum atomic E-state index is -0.181. The number of likely N-dealkylation sites (tertiary alicyclic amines) is 1. The van der Waals surface area contributed by atoms with Crippen molar-refractivity contribution in [1.82, 2.24) is 14.9 Å². The number of benzene rings is 2. The van der Waals surface area contributed by atoms with E-state index in [2.05, 4.69) is 11.1 Å². The molecule has 0 saturated carbocycles. The lowest BCUT2D eigenvalue weighted by molar-refractivity contribution is -0.0815. The van der Waals surface area contributed by atoms with E-state index in [4.69, 9.17) is 14.8 Å². The van der Waals surface area contributed by atoms with Gasteiger partial charge in [0.05, 0.1) is 18.7 Å². The Morgan fingerprint density at radius 2 is 1.50 bits per heavy atom. The molecule has 0 bridgehead atoms. The maximum Gasteiger partial charge on any atom is 0.272 e. The Morgan fingerprint density at radius 1 is 0.857 bits per heavy atom. The highest BCUT2D eigenvalue weighted by molar-refractivity contribution is 5.99. The second-order valence-electron chi connectivity index (χ2n) is 10.8. The summed E-state index contributed by atoms with van der Waals surface area (Å²) in [5.41, 5.74) is 2.06. The molecule has 3 heterocycles. The molecule has 2 fully saturated rings. The number of Topliss-reactive ketones (excluding diaryl/α,β-unsaturated/α-hetero) is 2. The van der Waals surface area contributed by atoms with Gasteiger partial charge in [-0.05, 0) is 92.3 Å². The largest absolute Gasteiger partial charge is 0.497 e. The summed E-state index contributed by atoms with van der Waals surface area (Å²) in [5, 5.41) is 10.8. The average Bonchev–Trinajstić information content (AvgIpc) is 3.05. The normalized spacial score (nSPS) is 16.4. The van der Waals surface area contributed by atoms with Gasteiger partial charge in [-0.3, -0.25) is 19.4 Å². The summed E-state index contributed by atoms with van der Waals surface area (Å²) in [6.07, 6.45) is 4.80. The SMILES string of the molecule is COc1ccc(C(=O)C2CCN(C(=O)c3ccc(C(=O)CC4CCN(Oc5ccc(C#N)cc5)CC4)cn3)CC2)cc1. The number of carbonyl (C=O) groups excluding carboxylic acids is 3. The number of ether oxygens (including phenoxy) is 1. The van der Waals surface area contributed by atoms with Crippen LogP contribution in [0.1, 0.15) is 68.9 Å². The Balaban J connectivity index is 1.06. The van der Waals surface area contributed by atoms with E-state index >= 15 is 0 Å². The number of piperidine rings is 2. The number of nitrogens with zero attached hydrogens (tertiary/aromatic N) is 4. The quantitative estimate of drug-likeness (QED) is 0.334.